The van der Waals surface area contributed by atoms with E-state index in [2.05, 4.69) is 10.3 Å². The molecular formula is C26H23FN4O3. The third kappa shape index (κ3) is 3.98. The van der Waals surface area contributed by atoms with E-state index in [9.17, 15) is 14.0 Å². The zero-order chi connectivity index (χ0) is 23.7. The van der Waals surface area contributed by atoms with Crippen LogP contribution in [-0.2, 0) is 16.0 Å². The molecule has 5 rings (SSSR count). The largest absolute Gasteiger partial charge is 0.497 e. The first kappa shape index (κ1) is 21.6. The zero-order valence-electron chi connectivity index (χ0n) is 18.6. The number of carbonyl (C=O) groups excluding carboxylic acids is 2. The number of carbonyl (C=O) groups is 2. The van der Waals surface area contributed by atoms with Crippen LogP contribution < -0.4 is 15.0 Å². The zero-order valence-corrected chi connectivity index (χ0v) is 18.6. The molecule has 0 saturated heterocycles. The standard InChI is InChI=1S/C26H23FN4O3/c1-34-18-12-10-17(11-13-18)14-15-30-25(33)23(16-24(32)28-20-7-3-2-6-19(20)27)31-22-9-5-4-8-21(22)29-26(30)31/h2-13,23H,14-16H2,1H3,(H,28,32). The molecule has 2 heterocycles. The van der Waals surface area contributed by atoms with Crippen LogP contribution in [0.4, 0.5) is 16.0 Å². The second-order valence-corrected chi connectivity index (χ2v) is 8.11. The van der Waals surface area contributed by atoms with Crippen molar-refractivity contribution in [2.24, 2.45) is 0 Å². The van der Waals surface area contributed by atoms with Gasteiger partial charge in [-0.25, -0.2) is 9.37 Å². The van der Waals surface area contributed by atoms with Crippen LogP contribution in [0.2, 0.25) is 0 Å². The maximum absolute atomic E-state index is 14.0. The molecule has 172 valence electrons. The minimum Gasteiger partial charge on any atom is -0.497 e. The van der Waals surface area contributed by atoms with Gasteiger partial charge in [0.05, 0.1) is 30.3 Å². The summed E-state index contributed by atoms with van der Waals surface area (Å²) in [6, 6.07) is 20.4. The van der Waals surface area contributed by atoms with Crippen LogP contribution in [0.25, 0.3) is 11.0 Å². The predicted molar refractivity (Wildman–Crippen MR) is 127 cm³/mol. The van der Waals surface area contributed by atoms with Crippen LogP contribution in [0, 0.1) is 5.82 Å². The van der Waals surface area contributed by atoms with Gasteiger partial charge in [-0.1, -0.05) is 36.4 Å². The molecule has 0 aliphatic carbocycles. The summed E-state index contributed by atoms with van der Waals surface area (Å²) in [5.74, 6) is 0.116. The number of nitrogens with one attached hydrogen (secondary N) is 1. The summed E-state index contributed by atoms with van der Waals surface area (Å²) in [5, 5.41) is 2.58. The van der Waals surface area contributed by atoms with Gasteiger partial charge in [0.25, 0.3) is 5.91 Å². The molecule has 1 unspecified atom stereocenters. The Hall–Kier alpha value is -4.20. The molecule has 3 aromatic carbocycles. The molecule has 1 aromatic heterocycles. The highest BCUT2D eigenvalue weighted by Gasteiger charge is 2.40. The average molecular weight is 458 g/mol. The number of methoxy groups -OCH3 is 1. The minimum absolute atomic E-state index is 0.0880. The number of benzene rings is 3. The number of rotatable bonds is 7. The van der Waals surface area contributed by atoms with Crippen molar-refractivity contribution in [2.75, 3.05) is 23.9 Å². The van der Waals surface area contributed by atoms with Crippen LogP contribution in [0.3, 0.4) is 0 Å². The average Bonchev–Trinajstić information content (AvgIpc) is 3.34. The Kier molecular flexibility index (Phi) is 5.71. The molecular weight excluding hydrogens is 435 g/mol. The lowest BCUT2D eigenvalue weighted by Gasteiger charge is -2.16. The van der Waals surface area contributed by atoms with Crippen molar-refractivity contribution >= 4 is 34.5 Å². The first-order valence-electron chi connectivity index (χ1n) is 11.0. The van der Waals surface area contributed by atoms with Crippen molar-refractivity contribution in [3.63, 3.8) is 0 Å². The van der Waals surface area contributed by atoms with E-state index in [0.29, 0.717) is 18.9 Å². The van der Waals surface area contributed by atoms with Gasteiger partial charge in [0.2, 0.25) is 11.9 Å². The normalized spacial score (nSPS) is 14.9. The monoisotopic (exact) mass is 458 g/mol. The van der Waals surface area contributed by atoms with Crippen LogP contribution in [0.15, 0.2) is 72.8 Å². The summed E-state index contributed by atoms with van der Waals surface area (Å²) in [6.07, 6.45) is 0.493. The number of hydrogen-bond acceptors (Lipinski definition) is 4. The van der Waals surface area contributed by atoms with Crippen LogP contribution in [0.5, 0.6) is 5.75 Å². The van der Waals surface area contributed by atoms with Gasteiger partial charge in [-0.05, 0) is 48.4 Å². The van der Waals surface area contributed by atoms with Crippen molar-refractivity contribution in [2.45, 2.75) is 18.9 Å². The van der Waals surface area contributed by atoms with E-state index < -0.39 is 17.8 Å². The molecule has 1 aliphatic rings. The quantitative estimate of drug-likeness (QED) is 0.447. The molecule has 7 nitrogen and oxygen atoms in total. The summed E-state index contributed by atoms with van der Waals surface area (Å²) < 4.78 is 21.0. The Balaban J connectivity index is 1.40. The highest BCUT2D eigenvalue weighted by molar-refractivity contribution is 6.05. The molecule has 1 aliphatic heterocycles. The molecule has 1 N–H and O–H groups in total. The molecule has 0 fully saturated rings. The van der Waals surface area contributed by atoms with E-state index in [4.69, 9.17) is 4.74 Å². The van der Waals surface area contributed by atoms with Gasteiger partial charge >= 0.3 is 0 Å². The fraction of sp³-hybridized carbons (Fsp3) is 0.192. The van der Waals surface area contributed by atoms with Gasteiger partial charge in [-0.3, -0.25) is 19.1 Å². The minimum atomic E-state index is -0.759. The molecule has 34 heavy (non-hydrogen) atoms. The number of ether oxygens (including phenoxy) is 1. The molecule has 0 radical (unpaired) electrons. The van der Waals surface area contributed by atoms with Crippen molar-refractivity contribution < 1.29 is 18.7 Å². The fourth-order valence-corrected chi connectivity index (χ4v) is 4.28. The number of nitrogens with zero attached hydrogens (tertiary/aromatic N) is 3. The first-order valence-corrected chi connectivity index (χ1v) is 11.0. The van der Waals surface area contributed by atoms with Crippen molar-refractivity contribution in [1.29, 1.82) is 0 Å². The molecule has 2 amide bonds. The number of amides is 2. The number of imidazole rings is 1. The fourth-order valence-electron chi connectivity index (χ4n) is 4.28. The molecule has 0 bridgehead atoms. The SMILES string of the molecule is COc1ccc(CCN2C(=O)C(CC(=O)Nc3ccccc3F)n3c2nc2ccccc23)cc1. The number of anilines is 2. The Morgan fingerprint density at radius 1 is 1.06 bits per heavy atom. The third-order valence-electron chi connectivity index (χ3n) is 5.99. The van der Waals surface area contributed by atoms with Crippen LogP contribution in [0.1, 0.15) is 18.0 Å². The summed E-state index contributed by atoms with van der Waals surface area (Å²) in [6.45, 7) is 0.417. The van der Waals surface area contributed by atoms with Gasteiger partial charge in [-0.15, -0.1) is 0 Å². The van der Waals surface area contributed by atoms with E-state index in [0.717, 1.165) is 22.3 Å². The molecule has 0 spiro atoms. The molecule has 1 atom stereocenters. The van der Waals surface area contributed by atoms with Gasteiger partial charge in [0.1, 0.15) is 17.6 Å². The molecule has 8 heteroatoms. The Morgan fingerprint density at radius 3 is 2.56 bits per heavy atom. The van der Waals surface area contributed by atoms with E-state index >= 15 is 0 Å². The number of halogens is 1. The lowest BCUT2D eigenvalue weighted by atomic mass is 10.1. The second-order valence-electron chi connectivity index (χ2n) is 8.11. The maximum atomic E-state index is 14.0. The highest BCUT2D eigenvalue weighted by atomic mass is 19.1. The highest BCUT2D eigenvalue weighted by Crippen LogP contribution is 2.36. The number of hydrogen-bond donors (Lipinski definition) is 1. The first-order chi connectivity index (χ1) is 16.5. The van der Waals surface area contributed by atoms with Crippen molar-refractivity contribution in [1.82, 2.24) is 9.55 Å². The maximum Gasteiger partial charge on any atom is 0.253 e. The Labute approximate surface area is 195 Å². The summed E-state index contributed by atoms with van der Waals surface area (Å²) in [5.41, 5.74) is 2.67. The number of fused-ring (bicyclic) bond motifs is 3. The smallest absolute Gasteiger partial charge is 0.253 e. The van der Waals surface area contributed by atoms with Crippen molar-refractivity contribution in [3.05, 3.63) is 84.2 Å². The third-order valence-corrected chi connectivity index (χ3v) is 5.99. The lowest BCUT2D eigenvalue weighted by molar-refractivity contribution is -0.124. The molecule has 4 aromatic rings. The van der Waals surface area contributed by atoms with Gasteiger partial charge in [-0.2, -0.15) is 0 Å². The van der Waals surface area contributed by atoms with Gasteiger partial charge in [0, 0.05) is 6.54 Å². The summed E-state index contributed by atoms with van der Waals surface area (Å²) in [4.78, 5) is 32.5. The van der Waals surface area contributed by atoms with E-state index in [1.54, 1.807) is 24.1 Å². The lowest BCUT2D eigenvalue weighted by Crippen LogP contribution is -2.33. The molecule has 0 saturated carbocycles. The van der Waals surface area contributed by atoms with Gasteiger partial charge in [0.15, 0.2) is 0 Å². The Morgan fingerprint density at radius 2 is 1.79 bits per heavy atom. The number of para-hydroxylation sites is 3. The second kappa shape index (κ2) is 8.97. The predicted octanol–water partition coefficient (Wildman–Crippen LogP) is 4.34. The van der Waals surface area contributed by atoms with Crippen LogP contribution in [-0.4, -0.2) is 35.0 Å². The van der Waals surface area contributed by atoms with E-state index in [1.165, 1.54) is 12.1 Å². The summed E-state index contributed by atoms with van der Waals surface area (Å²) in [7, 11) is 1.62. The van der Waals surface area contributed by atoms with E-state index in [-0.39, 0.29) is 18.0 Å². The number of aromatic nitrogens is 2. The summed E-state index contributed by atoms with van der Waals surface area (Å²) >= 11 is 0. The van der Waals surface area contributed by atoms with E-state index in [1.807, 2.05) is 53.1 Å². The van der Waals surface area contributed by atoms with Crippen molar-refractivity contribution in [3.8, 4) is 5.75 Å². The Bertz CT molecular complexity index is 1370. The van der Waals surface area contributed by atoms with Gasteiger partial charge < -0.3 is 10.1 Å². The van der Waals surface area contributed by atoms with Crippen LogP contribution >= 0.6 is 0 Å². The topological polar surface area (TPSA) is 76.5 Å².